The molecule has 0 saturated carbocycles. The van der Waals surface area contributed by atoms with E-state index < -0.39 is 6.04 Å². The van der Waals surface area contributed by atoms with Crippen LogP contribution in [0, 0.1) is 26.7 Å². The predicted octanol–water partition coefficient (Wildman–Crippen LogP) is 5.42. The fraction of sp³-hybridized carbons (Fsp3) is 0.481. The van der Waals surface area contributed by atoms with E-state index in [4.69, 9.17) is 0 Å². The molecule has 0 aliphatic rings. The van der Waals surface area contributed by atoms with Crippen molar-refractivity contribution in [3.63, 3.8) is 0 Å². The second-order valence-corrected chi connectivity index (χ2v) is 9.99. The molecular formula is C27H38N2O2S. The maximum absolute atomic E-state index is 13.4. The number of benzene rings is 2. The molecule has 0 aliphatic heterocycles. The zero-order valence-corrected chi connectivity index (χ0v) is 21.2. The van der Waals surface area contributed by atoms with Crippen molar-refractivity contribution in [2.75, 3.05) is 12.3 Å². The van der Waals surface area contributed by atoms with Gasteiger partial charge in [0.25, 0.3) is 0 Å². The van der Waals surface area contributed by atoms with Gasteiger partial charge in [-0.2, -0.15) is 0 Å². The van der Waals surface area contributed by atoms with Crippen molar-refractivity contribution in [3.8, 4) is 0 Å². The van der Waals surface area contributed by atoms with Gasteiger partial charge in [-0.15, -0.1) is 11.8 Å². The number of hydrogen-bond acceptors (Lipinski definition) is 3. The van der Waals surface area contributed by atoms with Crippen LogP contribution in [0.4, 0.5) is 0 Å². The highest BCUT2D eigenvalue weighted by molar-refractivity contribution is 7.99. The van der Waals surface area contributed by atoms with Gasteiger partial charge < -0.3 is 10.2 Å². The van der Waals surface area contributed by atoms with Gasteiger partial charge in [0.2, 0.25) is 11.8 Å². The number of aryl methyl sites for hydroxylation is 3. The summed E-state index contributed by atoms with van der Waals surface area (Å²) in [4.78, 5) is 28.1. The minimum atomic E-state index is -0.470. The molecule has 1 atom stereocenters. The Labute approximate surface area is 198 Å². The molecule has 4 nitrogen and oxygen atoms in total. The molecule has 32 heavy (non-hydrogen) atoms. The molecule has 174 valence electrons. The lowest BCUT2D eigenvalue weighted by Gasteiger charge is -2.31. The van der Waals surface area contributed by atoms with Crippen LogP contribution >= 0.6 is 11.8 Å². The topological polar surface area (TPSA) is 49.4 Å². The number of carbonyl (C=O) groups excluding carboxylic acids is 2. The van der Waals surface area contributed by atoms with Gasteiger partial charge in [-0.1, -0.05) is 74.4 Å². The van der Waals surface area contributed by atoms with E-state index in [1.807, 2.05) is 38.1 Å². The number of nitrogens with zero attached hydrogens (tertiary/aromatic N) is 1. The Balaban J connectivity index is 2.15. The average molecular weight is 455 g/mol. The first-order valence-electron chi connectivity index (χ1n) is 11.5. The van der Waals surface area contributed by atoms with Crippen molar-refractivity contribution < 1.29 is 9.59 Å². The smallest absolute Gasteiger partial charge is 0.242 e. The van der Waals surface area contributed by atoms with Crippen molar-refractivity contribution in [3.05, 3.63) is 70.3 Å². The SMILES string of the molecule is CC[C@H](C(=O)NCC(C)C)N(Cc1ccccc1C)C(=O)CSCc1cc(C)cc(C)c1. The minimum Gasteiger partial charge on any atom is -0.354 e. The van der Waals surface area contributed by atoms with Gasteiger partial charge in [-0.25, -0.2) is 0 Å². The van der Waals surface area contributed by atoms with Crippen LogP contribution in [0.15, 0.2) is 42.5 Å². The molecule has 2 rings (SSSR count). The van der Waals surface area contributed by atoms with E-state index in [2.05, 4.69) is 51.2 Å². The molecule has 0 aliphatic carbocycles. The quantitative estimate of drug-likeness (QED) is 0.493. The van der Waals surface area contributed by atoms with Crippen molar-refractivity contribution in [1.29, 1.82) is 0 Å². The molecule has 0 bridgehead atoms. The third kappa shape index (κ3) is 8.01. The van der Waals surface area contributed by atoms with E-state index in [9.17, 15) is 9.59 Å². The van der Waals surface area contributed by atoms with Gasteiger partial charge in [0, 0.05) is 18.8 Å². The van der Waals surface area contributed by atoms with Crippen LogP contribution in [-0.4, -0.2) is 35.1 Å². The number of thioether (sulfide) groups is 1. The lowest BCUT2D eigenvalue weighted by atomic mass is 10.1. The highest BCUT2D eigenvalue weighted by atomic mass is 32.2. The minimum absolute atomic E-state index is 0.00850. The molecule has 2 aromatic carbocycles. The predicted molar refractivity (Wildman–Crippen MR) is 136 cm³/mol. The molecule has 0 saturated heterocycles. The second-order valence-electron chi connectivity index (χ2n) is 9.00. The van der Waals surface area contributed by atoms with Crippen LogP contribution in [0.1, 0.15) is 55.0 Å². The Kier molecular flexibility index (Phi) is 10.3. The maximum Gasteiger partial charge on any atom is 0.242 e. The van der Waals surface area contributed by atoms with E-state index in [0.29, 0.717) is 31.2 Å². The van der Waals surface area contributed by atoms with Crippen LogP contribution < -0.4 is 5.32 Å². The highest BCUT2D eigenvalue weighted by Crippen LogP contribution is 2.20. The third-order valence-corrected chi connectivity index (χ3v) is 6.44. The number of hydrogen-bond donors (Lipinski definition) is 1. The van der Waals surface area contributed by atoms with Gasteiger partial charge in [0.05, 0.1) is 5.75 Å². The molecule has 0 radical (unpaired) electrons. The molecule has 2 amide bonds. The Morgan fingerprint density at radius 1 is 1.03 bits per heavy atom. The van der Waals surface area contributed by atoms with Crippen LogP contribution in [0.5, 0.6) is 0 Å². The van der Waals surface area contributed by atoms with Crippen molar-refractivity contribution >= 4 is 23.6 Å². The number of rotatable bonds is 11. The number of carbonyl (C=O) groups is 2. The molecule has 0 fully saturated rings. The summed E-state index contributed by atoms with van der Waals surface area (Å²) < 4.78 is 0. The second kappa shape index (κ2) is 12.7. The average Bonchev–Trinajstić information content (AvgIpc) is 2.72. The molecule has 0 heterocycles. The lowest BCUT2D eigenvalue weighted by Crippen LogP contribution is -2.50. The van der Waals surface area contributed by atoms with Crippen LogP contribution in [-0.2, 0) is 21.9 Å². The standard InChI is InChI=1S/C27H38N2O2S/c1-7-25(27(31)28-15-19(2)3)29(16-24-11-9-8-10-22(24)6)26(30)18-32-17-23-13-20(4)12-21(5)14-23/h8-14,19,25H,7,15-18H2,1-6H3,(H,28,31)/t25-/m1/s1. The summed E-state index contributed by atoms with van der Waals surface area (Å²) in [5.41, 5.74) is 5.91. The van der Waals surface area contributed by atoms with E-state index in [0.717, 1.165) is 16.9 Å². The fourth-order valence-electron chi connectivity index (χ4n) is 3.80. The molecule has 2 aromatic rings. The maximum atomic E-state index is 13.4. The summed E-state index contributed by atoms with van der Waals surface area (Å²) in [7, 11) is 0. The number of nitrogens with one attached hydrogen (secondary N) is 1. The van der Waals surface area contributed by atoms with Crippen LogP contribution in [0.2, 0.25) is 0 Å². The van der Waals surface area contributed by atoms with E-state index in [-0.39, 0.29) is 11.8 Å². The normalized spacial score (nSPS) is 12.0. The molecule has 0 unspecified atom stereocenters. The summed E-state index contributed by atoms with van der Waals surface area (Å²) in [5.74, 6) is 1.44. The summed E-state index contributed by atoms with van der Waals surface area (Å²) in [6.45, 7) is 13.4. The van der Waals surface area contributed by atoms with Crippen LogP contribution in [0.3, 0.4) is 0 Å². The Morgan fingerprint density at radius 2 is 1.69 bits per heavy atom. The molecule has 1 N–H and O–H groups in total. The Hall–Kier alpha value is -2.27. The number of amides is 2. The van der Waals surface area contributed by atoms with Gasteiger partial charge in [0.15, 0.2) is 0 Å². The fourth-order valence-corrected chi connectivity index (χ4v) is 4.65. The first kappa shape index (κ1) is 26.0. The van der Waals surface area contributed by atoms with Crippen molar-refractivity contribution in [2.24, 2.45) is 5.92 Å². The van der Waals surface area contributed by atoms with Gasteiger partial charge in [0.1, 0.15) is 6.04 Å². The zero-order valence-electron chi connectivity index (χ0n) is 20.4. The van der Waals surface area contributed by atoms with Crippen LogP contribution in [0.25, 0.3) is 0 Å². The van der Waals surface area contributed by atoms with E-state index >= 15 is 0 Å². The monoisotopic (exact) mass is 454 g/mol. The Morgan fingerprint density at radius 3 is 2.28 bits per heavy atom. The van der Waals surface area contributed by atoms with Gasteiger partial charge in [-0.3, -0.25) is 9.59 Å². The van der Waals surface area contributed by atoms with E-state index in [1.165, 1.54) is 16.7 Å². The molecule has 0 spiro atoms. The van der Waals surface area contributed by atoms with Gasteiger partial charge >= 0.3 is 0 Å². The van der Waals surface area contributed by atoms with Crippen molar-refractivity contribution in [2.45, 2.75) is 66.3 Å². The molecule has 5 heteroatoms. The highest BCUT2D eigenvalue weighted by Gasteiger charge is 2.28. The van der Waals surface area contributed by atoms with Crippen molar-refractivity contribution in [1.82, 2.24) is 10.2 Å². The largest absolute Gasteiger partial charge is 0.354 e. The molecule has 0 aromatic heterocycles. The first-order valence-corrected chi connectivity index (χ1v) is 12.6. The summed E-state index contributed by atoms with van der Waals surface area (Å²) in [5, 5.41) is 3.02. The van der Waals surface area contributed by atoms with Gasteiger partial charge in [-0.05, 0) is 49.8 Å². The lowest BCUT2D eigenvalue weighted by molar-refractivity contribution is -0.139. The third-order valence-electron chi connectivity index (χ3n) is 5.45. The summed E-state index contributed by atoms with van der Waals surface area (Å²) in [6.07, 6.45) is 0.587. The Bertz CT molecular complexity index is 890. The summed E-state index contributed by atoms with van der Waals surface area (Å²) in [6, 6.07) is 14.1. The van der Waals surface area contributed by atoms with E-state index in [1.54, 1.807) is 16.7 Å². The summed E-state index contributed by atoms with van der Waals surface area (Å²) >= 11 is 1.61. The first-order chi connectivity index (χ1) is 15.2. The zero-order chi connectivity index (χ0) is 23.7. The molecular weight excluding hydrogens is 416 g/mol.